The molecule has 2 bridgehead atoms. The highest BCUT2D eigenvalue weighted by molar-refractivity contribution is 5.20. The SMILES string of the molecule is Cc1nc(C2CC3CCC(C2)N3C)ncc1[C@@H](C)O. The molecule has 2 saturated heterocycles. The molecule has 3 rings (SSSR count). The average Bonchev–Trinajstić information content (AvgIpc) is 2.61. The minimum absolute atomic E-state index is 0.484. The van der Waals surface area contributed by atoms with Crippen LogP contribution in [0, 0.1) is 6.92 Å². The van der Waals surface area contributed by atoms with E-state index in [1.807, 2.05) is 13.1 Å². The van der Waals surface area contributed by atoms with Crippen molar-refractivity contribution in [1.82, 2.24) is 14.9 Å². The van der Waals surface area contributed by atoms with Crippen LogP contribution in [0.15, 0.2) is 6.20 Å². The maximum atomic E-state index is 9.65. The van der Waals surface area contributed by atoms with Crippen LogP contribution in [0.5, 0.6) is 0 Å². The average molecular weight is 261 g/mol. The van der Waals surface area contributed by atoms with Gasteiger partial charge in [0.15, 0.2) is 0 Å². The fourth-order valence-corrected chi connectivity index (χ4v) is 3.72. The molecule has 19 heavy (non-hydrogen) atoms. The number of aliphatic hydroxyl groups excluding tert-OH is 1. The molecule has 0 radical (unpaired) electrons. The summed E-state index contributed by atoms with van der Waals surface area (Å²) in [6, 6.07) is 1.42. The van der Waals surface area contributed by atoms with Crippen LogP contribution >= 0.6 is 0 Å². The van der Waals surface area contributed by atoms with Crippen LogP contribution in [-0.4, -0.2) is 39.1 Å². The van der Waals surface area contributed by atoms with Crippen molar-refractivity contribution in [2.45, 2.75) is 63.6 Å². The fraction of sp³-hybridized carbons (Fsp3) is 0.733. The molecule has 4 nitrogen and oxygen atoms in total. The molecule has 3 heterocycles. The molecule has 2 aliphatic heterocycles. The monoisotopic (exact) mass is 261 g/mol. The lowest BCUT2D eigenvalue weighted by Crippen LogP contribution is -2.39. The maximum absolute atomic E-state index is 9.65. The second-order valence-electron chi connectivity index (χ2n) is 6.16. The maximum Gasteiger partial charge on any atom is 0.131 e. The Labute approximate surface area is 114 Å². The van der Waals surface area contributed by atoms with Gasteiger partial charge in [0.25, 0.3) is 0 Å². The van der Waals surface area contributed by atoms with Crippen LogP contribution in [-0.2, 0) is 0 Å². The molecule has 1 aromatic heterocycles. The van der Waals surface area contributed by atoms with E-state index in [0.717, 1.165) is 17.1 Å². The molecular weight excluding hydrogens is 238 g/mol. The van der Waals surface area contributed by atoms with Gasteiger partial charge in [0, 0.05) is 35.5 Å². The number of rotatable bonds is 2. The van der Waals surface area contributed by atoms with E-state index >= 15 is 0 Å². The summed E-state index contributed by atoms with van der Waals surface area (Å²) in [6.45, 7) is 3.73. The zero-order valence-corrected chi connectivity index (χ0v) is 12.0. The van der Waals surface area contributed by atoms with Gasteiger partial charge in [0.05, 0.1) is 6.10 Å². The minimum Gasteiger partial charge on any atom is -0.389 e. The molecule has 2 fully saturated rings. The third-order valence-corrected chi connectivity index (χ3v) is 4.95. The Morgan fingerprint density at radius 1 is 1.32 bits per heavy atom. The summed E-state index contributed by atoms with van der Waals surface area (Å²) in [5.41, 5.74) is 1.77. The molecule has 0 saturated carbocycles. The Morgan fingerprint density at radius 3 is 2.47 bits per heavy atom. The molecule has 0 spiro atoms. The van der Waals surface area contributed by atoms with Crippen molar-refractivity contribution in [3.8, 4) is 0 Å². The van der Waals surface area contributed by atoms with E-state index in [1.165, 1.54) is 25.7 Å². The van der Waals surface area contributed by atoms with Gasteiger partial charge in [-0.2, -0.15) is 0 Å². The van der Waals surface area contributed by atoms with Crippen LogP contribution in [0.3, 0.4) is 0 Å². The zero-order valence-electron chi connectivity index (χ0n) is 12.0. The van der Waals surface area contributed by atoms with Gasteiger partial charge >= 0.3 is 0 Å². The minimum atomic E-state index is -0.484. The van der Waals surface area contributed by atoms with Crippen LogP contribution in [0.25, 0.3) is 0 Å². The largest absolute Gasteiger partial charge is 0.389 e. The summed E-state index contributed by atoms with van der Waals surface area (Å²) < 4.78 is 0. The summed E-state index contributed by atoms with van der Waals surface area (Å²) >= 11 is 0. The number of aliphatic hydroxyl groups is 1. The smallest absolute Gasteiger partial charge is 0.131 e. The van der Waals surface area contributed by atoms with Crippen LogP contribution < -0.4 is 0 Å². The van der Waals surface area contributed by atoms with Crippen LogP contribution in [0.4, 0.5) is 0 Å². The zero-order chi connectivity index (χ0) is 13.6. The molecule has 3 atom stereocenters. The first-order valence-corrected chi connectivity index (χ1v) is 7.29. The number of aromatic nitrogens is 2. The molecule has 1 N–H and O–H groups in total. The Morgan fingerprint density at radius 2 is 1.95 bits per heavy atom. The first-order valence-electron chi connectivity index (χ1n) is 7.29. The number of nitrogens with zero attached hydrogens (tertiary/aromatic N) is 3. The molecule has 1 aromatic rings. The number of aryl methyl sites for hydroxylation is 1. The lowest BCUT2D eigenvalue weighted by Gasteiger charge is -2.35. The van der Waals surface area contributed by atoms with E-state index in [0.29, 0.717) is 18.0 Å². The topological polar surface area (TPSA) is 49.2 Å². The first kappa shape index (κ1) is 13.0. The summed E-state index contributed by atoms with van der Waals surface area (Å²) in [4.78, 5) is 11.7. The van der Waals surface area contributed by atoms with Crippen molar-refractivity contribution in [3.05, 3.63) is 23.3 Å². The number of piperidine rings is 1. The Bertz CT molecular complexity index is 460. The molecule has 0 aromatic carbocycles. The van der Waals surface area contributed by atoms with Gasteiger partial charge in [-0.1, -0.05) is 0 Å². The van der Waals surface area contributed by atoms with Crippen LogP contribution in [0.1, 0.15) is 61.7 Å². The molecule has 104 valence electrons. The molecule has 0 aliphatic carbocycles. The Balaban J connectivity index is 1.82. The lowest BCUT2D eigenvalue weighted by atomic mass is 9.90. The van der Waals surface area contributed by atoms with Gasteiger partial charge < -0.3 is 10.0 Å². The fourth-order valence-electron chi connectivity index (χ4n) is 3.72. The van der Waals surface area contributed by atoms with E-state index in [9.17, 15) is 5.11 Å². The highest BCUT2D eigenvalue weighted by Crippen LogP contribution is 2.41. The normalized spacial score (nSPS) is 32.5. The van der Waals surface area contributed by atoms with Gasteiger partial charge in [0.1, 0.15) is 5.82 Å². The Kier molecular flexibility index (Phi) is 3.31. The number of hydrogen-bond acceptors (Lipinski definition) is 4. The van der Waals surface area contributed by atoms with E-state index < -0.39 is 6.10 Å². The van der Waals surface area contributed by atoms with Gasteiger partial charge in [-0.15, -0.1) is 0 Å². The summed E-state index contributed by atoms with van der Waals surface area (Å²) in [7, 11) is 2.25. The van der Waals surface area contributed by atoms with E-state index in [4.69, 9.17) is 0 Å². The van der Waals surface area contributed by atoms with Crippen molar-refractivity contribution >= 4 is 0 Å². The third kappa shape index (κ3) is 2.28. The van der Waals surface area contributed by atoms with Crippen molar-refractivity contribution < 1.29 is 5.11 Å². The quantitative estimate of drug-likeness (QED) is 0.886. The van der Waals surface area contributed by atoms with Crippen molar-refractivity contribution in [3.63, 3.8) is 0 Å². The molecule has 4 heteroatoms. The van der Waals surface area contributed by atoms with Crippen molar-refractivity contribution in [2.24, 2.45) is 0 Å². The van der Waals surface area contributed by atoms with Gasteiger partial charge in [-0.3, -0.25) is 0 Å². The van der Waals surface area contributed by atoms with E-state index in [-0.39, 0.29) is 0 Å². The molecule has 2 unspecified atom stereocenters. The third-order valence-electron chi connectivity index (χ3n) is 4.95. The number of fused-ring (bicyclic) bond motifs is 2. The number of hydrogen-bond donors (Lipinski definition) is 1. The van der Waals surface area contributed by atoms with Crippen LogP contribution in [0.2, 0.25) is 0 Å². The standard InChI is InChI=1S/C15H23N3O/c1-9-14(10(2)19)8-16-15(17-9)11-6-12-4-5-13(7-11)18(12)3/h8,10-13,19H,4-7H2,1-3H3/t10-,11?,12?,13?/m1/s1. The second-order valence-corrected chi connectivity index (χ2v) is 6.16. The summed E-state index contributed by atoms with van der Waals surface area (Å²) in [6.07, 6.45) is 6.33. The van der Waals surface area contributed by atoms with E-state index in [1.54, 1.807) is 6.92 Å². The summed E-state index contributed by atoms with van der Waals surface area (Å²) in [5.74, 6) is 1.47. The second kappa shape index (κ2) is 4.84. The van der Waals surface area contributed by atoms with Gasteiger partial charge in [-0.05, 0) is 46.6 Å². The molecular formula is C15H23N3O. The predicted molar refractivity (Wildman–Crippen MR) is 74.0 cm³/mol. The van der Waals surface area contributed by atoms with Crippen molar-refractivity contribution in [2.75, 3.05) is 7.05 Å². The summed E-state index contributed by atoms with van der Waals surface area (Å²) in [5, 5.41) is 9.65. The van der Waals surface area contributed by atoms with Crippen molar-refractivity contribution in [1.29, 1.82) is 0 Å². The highest BCUT2D eigenvalue weighted by Gasteiger charge is 2.39. The van der Waals surface area contributed by atoms with Gasteiger partial charge in [0.2, 0.25) is 0 Å². The molecule has 2 aliphatic rings. The Hall–Kier alpha value is -1.00. The highest BCUT2D eigenvalue weighted by atomic mass is 16.3. The molecule has 0 amide bonds. The first-order chi connectivity index (χ1) is 9.06. The predicted octanol–water partition coefficient (Wildman–Crippen LogP) is 2.18. The lowest BCUT2D eigenvalue weighted by molar-refractivity contribution is 0.158. The van der Waals surface area contributed by atoms with E-state index in [2.05, 4.69) is 21.9 Å². The van der Waals surface area contributed by atoms with Gasteiger partial charge in [-0.25, -0.2) is 9.97 Å².